The second-order valence-electron chi connectivity index (χ2n) is 6.75. The fraction of sp³-hybridized carbons (Fsp3) is 0.273. The molecule has 0 atom stereocenters. The Kier molecular flexibility index (Phi) is 4.22. The summed E-state index contributed by atoms with van der Waals surface area (Å²) in [5, 5.41) is 2.27. The Labute approximate surface area is 148 Å². The van der Waals surface area contributed by atoms with Gasteiger partial charge in [-0.25, -0.2) is 0 Å². The van der Waals surface area contributed by atoms with Gasteiger partial charge in [-0.1, -0.05) is 36.4 Å². The number of carbonyl (C=O) groups is 1. The van der Waals surface area contributed by atoms with Crippen molar-refractivity contribution in [3.05, 3.63) is 66.4 Å². The molecule has 0 spiro atoms. The molecule has 0 bridgehead atoms. The molecule has 1 fully saturated rings. The number of aromatic nitrogens is 1. The lowest BCUT2D eigenvalue weighted by Gasteiger charge is -2.21. The van der Waals surface area contributed by atoms with Crippen LogP contribution < -0.4 is 0 Å². The topological polar surface area (TPSA) is 33.2 Å². The van der Waals surface area contributed by atoms with Crippen LogP contribution in [0.25, 0.3) is 22.0 Å². The van der Waals surface area contributed by atoms with E-state index in [-0.39, 0.29) is 5.91 Å². The first-order chi connectivity index (χ1) is 12.3. The molecule has 1 aromatic heterocycles. The minimum absolute atomic E-state index is 0.122. The van der Waals surface area contributed by atoms with Gasteiger partial charge in [0.05, 0.1) is 5.69 Å². The fourth-order valence-corrected chi connectivity index (χ4v) is 3.30. The minimum atomic E-state index is 0.122. The number of fused-ring (bicyclic) bond motifs is 1. The van der Waals surface area contributed by atoms with Crippen molar-refractivity contribution in [1.82, 2.24) is 9.88 Å². The van der Waals surface area contributed by atoms with Crippen LogP contribution in [0.2, 0.25) is 0 Å². The fourth-order valence-electron chi connectivity index (χ4n) is 3.30. The monoisotopic (exact) mass is 330 g/mol. The second kappa shape index (κ2) is 6.67. The summed E-state index contributed by atoms with van der Waals surface area (Å²) < 4.78 is 0. The maximum absolute atomic E-state index is 12.9. The second-order valence-corrected chi connectivity index (χ2v) is 6.75. The molecule has 0 saturated heterocycles. The van der Waals surface area contributed by atoms with E-state index in [9.17, 15) is 4.79 Å². The summed E-state index contributed by atoms with van der Waals surface area (Å²) in [6, 6.07) is 18.1. The summed E-state index contributed by atoms with van der Waals surface area (Å²) in [5.41, 5.74) is 2.66. The molecule has 3 heteroatoms. The SMILES string of the molecule is CCN(CC1CC1)C(=O)c1cccc(-c2nccc3ccccc23)c1. The van der Waals surface area contributed by atoms with E-state index in [0.29, 0.717) is 5.92 Å². The van der Waals surface area contributed by atoms with Crippen molar-refractivity contribution in [3.63, 3.8) is 0 Å². The number of nitrogens with zero attached hydrogens (tertiary/aromatic N) is 2. The molecule has 3 nitrogen and oxygen atoms in total. The molecule has 4 rings (SSSR count). The maximum atomic E-state index is 12.9. The average molecular weight is 330 g/mol. The van der Waals surface area contributed by atoms with Gasteiger partial charge in [-0.05, 0) is 49.3 Å². The molecular weight excluding hydrogens is 308 g/mol. The molecule has 25 heavy (non-hydrogen) atoms. The standard InChI is InChI=1S/C22H22N2O/c1-2-24(15-16-10-11-16)22(25)19-8-5-7-18(14-19)21-20-9-4-3-6-17(20)12-13-23-21/h3-9,12-14,16H,2,10-11,15H2,1H3. The quantitative estimate of drug-likeness (QED) is 0.675. The van der Waals surface area contributed by atoms with Crippen LogP contribution in [0.15, 0.2) is 60.8 Å². The molecule has 3 aromatic rings. The van der Waals surface area contributed by atoms with Gasteiger partial charge in [-0.2, -0.15) is 0 Å². The van der Waals surface area contributed by atoms with Gasteiger partial charge < -0.3 is 4.90 Å². The first-order valence-electron chi connectivity index (χ1n) is 8.99. The van der Waals surface area contributed by atoms with Crippen molar-refractivity contribution < 1.29 is 4.79 Å². The Morgan fingerprint density at radius 2 is 1.96 bits per heavy atom. The Hall–Kier alpha value is -2.68. The highest BCUT2D eigenvalue weighted by atomic mass is 16.2. The third-order valence-electron chi connectivity index (χ3n) is 4.90. The van der Waals surface area contributed by atoms with Gasteiger partial charge >= 0.3 is 0 Å². The lowest BCUT2D eigenvalue weighted by Crippen LogP contribution is -2.32. The molecule has 0 aliphatic heterocycles. The van der Waals surface area contributed by atoms with Gasteiger partial charge in [-0.15, -0.1) is 0 Å². The van der Waals surface area contributed by atoms with Crippen LogP contribution in [-0.2, 0) is 0 Å². The Morgan fingerprint density at radius 3 is 2.76 bits per heavy atom. The lowest BCUT2D eigenvalue weighted by atomic mass is 10.0. The number of pyridine rings is 1. The van der Waals surface area contributed by atoms with E-state index in [1.54, 1.807) is 0 Å². The number of amides is 1. The van der Waals surface area contributed by atoms with Crippen molar-refractivity contribution in [2.45, 2.75) is 19.8 Å². The van der Waals surface area contributed by atoms with Crippen molar-refractivity contribution >= 4 is 16.7 Å². The molecule has 0 unspecified atom stereocenters. The molecule has 2 aromatic carbocycles. The van der Waals surface area contributed by atoms with Gasteiger partial charge in [0.15, 0.2) is 0 Å². The molecule has 1 amide bonds. The zero-order valence-electron chi connectivity index (χ0n) is 14.5. The Balaban J connectivity index is 1.70. The summed E-state index contributed by atoms with van der Waals surface area (Å²) in [6.07, 6.45) is 4.34. The highest BCUT2D eigenvalue weighted by molar-refractivity contribution is 5.98. The smallest absolute Gasteiger partial charge is 0.253 e. The molecule has 1 aliphatic carbocycles. The predicted molar refractivity (Wildman–Crippen MR) is 101 cm³/mol. The Morgan fingerprint density at radius 1 is 1.12 bits per heavy atom. The minimum Gasteiger partial charge on any atom is -0.339 e. The summed E-state index contributed by atoms with van der Waals surface area (Å²) >= 11 is 0. The van der Waals surface area contributed by atoms with Gasteiger partial charge in [0.25, 0.3) is 5.91 Å². The van der Waals surface area contributed by atoms with Gasteiger partial charge in [0.2, 0.25) is 0 Å². The maximum Gasteiger partial charge on any atom is 0.253 e. The molecule has 0 N–H and O–H groups in total. The first-order valence-corrected chi connectivity index (χ1v) is 8.99. The number of carbonyl (C=O) groups excluding carboxylic acids is 1. The van der Waals surface area contributed by atoms with Gasteiger partial charge in [-0.3, -0.25) is 9.78 Å². The van der Waals surface area contributed by atoms with Crippen LogP contribution in [0.1, 0.15) is 30.1 Å². The third kappa shape index (κ3) is 3.27. The van der Waals surface area contributed by atoms with Gasteiger partial charge in [0.1, 0.15) is 0 Å². The predicted octanol–water partition coefficient (Wildman–Crippen LogP) is 4.77. The molecule has 1 heterocycles. The molecule has 0 radical (unpaired) electrons. The van der Waals surface area contributed by atoms with Crippen LogP contribution in [0.4, 0.5) is 0 Å². The highest BCUT2D eigenvalue weighted by Crippen LogP contribution is 2.31. The average Bonchev–Trinajstić information content (AvgIpc) is 3.49. The molecular formula is C22H22N2O. The largest absolute Gasteiger partial charge is 0.339 e. The lowest BCUT2D eigenvalue weighted by molar-refractivity contribution is 0.0757. The summed E-state index contributed by atoms with van der Waals surface area (Å²) in [7, 11) is 0. The van der Waals surface area contributed by atoms with Crippen molar-refractivity contribution in [2.75, 3.05) is 13.1 Å². The van der Waals surface area contributed by atoms with Crippen LogP contribution in [0.3, 0.4) is 0 Å². The summed E-state index contributed by atoms with van der Waals surface area (Å²) in [4.78, 5) is 19.4. The van der Waals surface area contributed by atoms with E-state index < -0.39 is 0 Å². The summed E-state index contributed by atoms with van der Waals surface area (Å²) in [6.45, 7) is 3.69. The first kappa shape index (κ1) is 15.8. The van der Waals surface area contributed by atoms with E-state index in [1.807, 2.05) is 53.6 Å². The van der Waals surface area contributed by atoms with E-state index >= 15 is 0 Å². The number of rotatable bonds is 5. The van der Waals surface area contributed by atoms with Crippen LogP contribution >= 0.6 is 0 Å². The van der Waals surface area contributed by atoms with Crippen molar-refractivity contribution in [3.8, 4) is 11.3 Å². The number of benzene rings is 2. The van der Waals surface area contributed by atoms with Crippen LogP contribution in [-0.4, -0.2) is 28.9 Å². The van der Waals surface area contributed by atoms with Crippen molar-refractivity contribution in [1.29, 1.82) is 0 Å². The van der Waals surface area contributed by atoms with Crippen LogP contribution in [0, 0.1) is 5.92 Å². The third-order valence-corrected chi connectivity index (χ3v) is 4.90. The zero-order chi connectivity index (χ0) is 17.2. The van der Waals surface area contributed by atoms with Crippen LogP contribution in [0.5, 0.6) is 0 Å². The Bertz CT molecular complexity index is 909. The van der Waals surface area contributed by atoms with E-state index in [1.165, 1.54) is 12.8 Å². The normalized spacial score (nSPS) is 13.8. The molecule has 1 saturated carbocycles. The van der Waals surface area contributed by atoms with E-state index in [4.69, 9.17) is 0 Å². The number of hydrogen-bond acceptors (Lipinski definition) is 2. The summed E-state index contributed by atoms with van der Waals surface area (Å²) in [5.74, 6) is 0.823. The molecule has 126 valence electrons. The highest BCUT2D eigenvalue weighted by Gasteiger charge is 2.26. The van der Waals surface area contributed by atoms with Crippen molar-refractivity contribution in [2.24, 2.45) is 5.92 Å². The molecule has 1 aliphatic rings. The number of hydrogen-bond donors (Lipinski definition) is 0. The zero-order valence-corrected chi connectivity index (χ0v) is 14.5. The van der Waals surface area contributed by atoms with Gasteiger partial charge in [0, 0.05) is 35.8 Å². The van der Waals surface area contributed by atoms with E-state index in [2.05, 4.69) is 24.0 Å². The van der Waals surface area contributed by atoms with E-state index in [0.717, 1.165) is 40.7 Å².